The molecule has 0 N–H and O–H groups in total. The summed E-state index contributed by atoms with van der Waals surface area (Å²) in [6.45, 7) is 12.5. The number of ketones is 1. The van der Waals surface area contributed by atoms with E-state index >= 15 is 0 Å². The molecule has 1 aromatic rings. The van der Waals surface area contributed by atoms with Gasteiger partial charge in [-0.05, 0) is 23.0 Å². The van der Waals surface area contributed by atoms with E-state index in [1.807, 2.05) is 12.1 Å². The van der Waals surface area contributed by atoms with Gasteiger partial charge < -0.3 is 14.2 Å². The van der Waals surface area contributed by atoms with E-state index in [-0.39, 0.29) is 29.8 Å². The number of hydrogen-bond donors (Lipinski definition) is 0. The fourth-order valence-corrected chi connectivity index (χ4v) is 2.48. The molecule has 0 bridgehead atoms. The van der Waals surface area contributed by atoms with E-state index in [0.717, 1.165) is 16.9 Å². The lowest BCUT2D eigenvalue weighted by Crippen LogP contribution is -2.22. The molecule has 0 heterocycles. The van der Waals surface area contributed by atoms with Crippen LogP contribution in [0.4, 0.5) is 0 Å². The molecule has 1 rings (SSSR count). The molecule has 5 nitrogen and oxygen atoms in total. The SMILES string of the molecule is COCOc1c(C(C)(C)C)cc(C(=O)CC(=O)OC)cc1C(C)(C)C. The number of carbonyl (C=O) groups is 2. The molecule has 0 spiro atoms. The van der Waals surface area contributed by atoms with Crippen LogP contribution in [0, 0.1) is 0 Å². The predicted octanol–water partition coefficient (Wildman–Crippen LogP) is 4.01. The average molecular weight is 350 g/mol. The van der Waals surface area contributed by atoms with E-state index in [2.05, 4.69) is 46.3 Å². The lowest BCUT2D eigenvalue weighted by atomic mass is 9.78. The molecule has 0 radical (unpaired) electrons. The number of rotatable bonds is 6. The summed E-state index contributed by atoms with van der Waals surface area (Å²) in [6.07, 6.45) is -0.276. The molecule has 0 atom stereocenters. The monoisotopic (exact) mass is 350 g/mol. The van der Waals surface area contributed by atoms with Crippen LogP contribution >= 0.6 is 0 Å². The highest BCUT2D eigenvalue weighted by molar-refractivity contribution is 6.06. The summed E-state index contributed by atoms with van der Waals surface area (Å²) in [5, 5.41) is 0. The van der Waals surface area contributed by atoms with Crippen LogP contribution in [0.1, 0.15) is 69.4 Å². The Balaban J connectivity index is 3.58. The molecule has 0 amide bonds. The van der Waals surface area contributed by atoms with Crippen molar-refractivity contribution in [1.29, 1.82) is 0 Å². The smallest absolute Gasteiger partial charge is 0.313 e. The minimum absolute atomic E-state index is 0.127. The molecule has 0 saturated carbocycles. The Morgan fingerprint density at radius 1 is 0.920 bits per heavy atom. The van der Waals surface area contributed by atoms with Gasteiger partial charge in [0, 0.05) is 23.8 Å². The molecular formula is C20H30O5. The van der Waals surface area contributed by atoms with Gasteiger partial charge in [-0.2, -0.15) is 0 Å². The van der Waals surface area contributed by atoms with Gasteiger partial charge in [-0.15, -0.1) is 0 Å². The van der Waals surface area contributed by atoms with Crippen LogP contribution < -0.4 is 4.74 Å². The third kappa shape index (κ3) is 5.56. The van der Waals surface area contributed by atoms with E-state index in [0.29, 0.717) is 5.56 Å². The van der Waals surface area contributed by atoms with E-state index in [1.54, 1.807) is 7.11 Å². The molecular weight excluding hydrogens is 320 g/mol. The molecule has 0 unspecified atom stereocenters. The Morgan fingerprint density at radius 2 is 1.40 bits per heavy atom. The Bertz CT molecular complexity index is 597. The second kappa shape index (κ2) is 8.00. The molecule has 140 valence electrons. The number of esters is 1. The zero-order chi connectivity index (χ0) is 19.4. The van der Waals surface area contributed by atoms with Crippen molar-refractivity contribution in [3.05, 3.63) is 28.8 Å². The fourth-order valence-electron chi connectivity index (χ4n) is 2.48. The van der Waals surface area contributed by atoms with Crippen LogP contribution in [-0.2, 0) is 25.1 Å². The second-order valence-electron chi connectivity index (χ2n) is 8.13. The fraction of sp³-hybridized carbons (Fsp3) is 0.600. The number of carbonyl (C=O) groups excluding carboxylic acids is 2. The third-order valence-electron chi connectivity index (χ3n) is 3.88. The molecule has 0 saturated heterocycles. The average Bonchev–Trinajstić information content (AvgIpc) is 2.49. The predicted molar refractivity (Wildman–Crippen MR) is 97.3 cm³/mol. The van der Waals surface area contributed by atoms with Crippen molar-refractivity contribution in [3.8, 4) is 5.75 Å². The Labute approximate surface area is 150 Å². The normalized spacial score (nSPS) is 12.0. The standard InChI is InChI=1S/C20H30O5/c1-19(2,3)14-9-13(16(21)11-17(22)24-8)10-15(20(4,5)6)18(14)25-12-23-7/h9-10H,11-12H2,1-8H3. The van der Waals surface area contributed by atoms with Crippen molar-refractivity contribution in [3.63, 3.8) is 0 Å². The van der Waals surface area contributed by atoms with E-state index in [9.17, 15) is 9.59 Å². The maximum atomic E-state index is 12.5. The van der Waals surface area contributed by atoms with E-state index < -0.39 is 5.97 Å². The molecule has 0 aliphatic heterocycles. The summed E-state index contributed by atoms with van der Waals surface area (Å²) >= 11 is 0. The molecule has 1 aromatic carbocycles. The highest BCUT2D eigenvalue weighted by atomic mass is 16.7. The van der Waals surface area contributed by atoms with Crippen molar-refractivity contribution >= 4 is 11.8 Å². The van der Waals surface area contributed by atoms with E-state index in [4.69, 9.17) is 9.47 Å². The quantitative estimate of drug-likeness (QED) is 0.336. The van der Waals surface area contributed by atoms with Gasteiger partial charge in [0.2, 0.25) is 0 Å². The summed E-state index contributed by atoms with van der Waals surface area (Å²) in [5.74, 6) is -0.0723. The van der Waals surface area contributed by atoms with Crippen molar-refractivity contribution in [2.75, 3.05) is 21.0 Å². The van der Waals surface area contributed by atoms with Gasteiger partial charge in [-0.1, -0.05) is 41.5 Å². The Hall–Kier alpha value is -1.88. The lowest BCUT2D eigenvalue weighted by Gasteiger charge is -2.30. The summed E-state index contributed by atoms with van der Waals surface area (Å²) < 4.78 is 15.6. The number of benzene rings is 1. The summed E-state index contributed by atoms with van der Waals surface area (Å²) in [4.78, 5) is 24.0. The van der Waals surface area contributed by atoms with Crippen LogP contribution in [0.5, 0.6) is 5.75 Å². The first-order chi connectivity index (χ1) is 11.4. The summed E-state index contributed by atoms with van der Waals surface area (Å²) in [7, 11) is 2.85. The van der Waals surface area contributed by atoms with Crippen molar-refractivity contribution in [1.82, 2.24) is 0 Å². The number of Topliss-reactive ketones (excluding diaryl/α,β-unsaturated/α-hetero) is 1. The number of ether oxygens (including phenoxy) is 3. The van der Waals surface area contributed by atoms with Crippen molar-refractivity contribution in [2.45, 2.75) is 58.8 Å². The second-order valence-corrected chi connectivity index (χ2v) is 8.13. The molecule has 5 heteroatoms. The maximum Gasteiger partial charge on any atom is 0.313 e. The summed E-state index contributed by atoms with van der Waals surface area (Å²) in [5.41, 5.74) is 1.82. The number of methoxy groups -OCH3 is 2. The molecule has 0 aliphatic carbocycles. The topological polar surface area (TPSA) is 61.8 Å². The minimum Gasteiger partial charge on any atom is -0.469 e. The third-order valence-corrected chi connectivity index (χ3v) is 3.88. The van der Waals surface area contributed by atoms with E-state index in [1.165, 1.54) is 7.11 Å². The van der Waals surface area contributed by atoms with Gasteiger partial charge >= 0.3 is 5.97 Å². The molecule has 25 heavy (non-hydrogen) atoms. The highest BCUT2D eigenvalue weighted by Crippen LogP contribution is 2.41. The Morgan fingerprint density at radius 3 is 1.76 bits per heavy atom. The maximum absolute atomic E-state index is 12.5. The van der Waals surface area contributed by atoms with Gasteiger partial charge in [-0.3, -0.25) is 9.59 Å². The Kier molecular flexibility index (Phi) is 6.77. The lowest BCUT2D eigenvalue weighted by molar-refractivity contribution is -0.139. The molecule has 0 aliphatic rings. The van der Waals surface area contributed by atoms with Crippen LogP contribution in [0.15, 0.2) is 12.1 Å². The summed E-state index contributed by atoms with van der Waals surface area (Å²) in [6, 6.07) is 3.62. The van der Waals surface area contributed by atoms with Gasteiger partial charge in [0.05, 0.1) is 7.11 Å². The van der Waals surface area contributed by atoms with Crippen LogP contribution in [0.3, 0.4) is 0 Å². The zero-order valence-electron chi connectivity index (χ0n) is 16.6. The van der Waals surface area contributed by atoms with Gasteiger partial charge in [0.25, 0.3) is 0 Å². The van der Waals surface area contributed by atoms with Gasteiger partial charge in [0.1, 0.15) is 12.2 Å². The van der Waals surface area contributed by atoms with Crippen molar-refractivity contribution < 1.29 is 23.8 Å². The van der Waals surface area contributed by atoms with Crippen LogP contribution in [0.2, 0.25) is 0 Å². The van der Waals surface area contributed by atoms with Crippen molar-refractivity contribution in [2.24, 2.45) is 0 Å². The van der Waals surface area contributed by atoms with Gasteiger partial charge in [0.15, 0.2) is 12.6 Å². The highest BCUT2D eigenvalue weighted by Gasteiger charge is 2.29. The van der Waals surface area contributed by atoms with Crippen LogP contribution in [0.25, 0.3) is 0 Å². The first-order valence-corrected chi connectivity index (χ1v) is 8.32. The van der Waals surface area contributed by atoms with Crippen LogP contribution in [-0.4, -0.2) is 32.8 Å². The first kappa shape index (κ1) is 21.2. The first-order valence-electron chi connectivity index (χ1n) is 8.32. The number of hydrogen-bond acceptors (Lipinski definition) is 5. The minimum atomic E-state index is -0.542. The largest absolute Gasteiger partial charge is 0.469 e. The van der Waals surface area contributed by atoms with Gasteiger partial charge in [-0.25, -0.2) is 0 Å². The molecule has 0 fully saturated rings. The molecule has 0 aromatic heterocycles. The zero-order valence-corrected chi connectivity index (χ0v) is 16.6.